The van der Waals surface area contributed by atoms with E-state index in [1.165, 1.54) is 30.4 Å². The number of nitrogens with one attached hydrogen (secondary N) is 1. The molecule has 0 atom stereocenters. The van der Waals surface area contributed by atoms with Gasteiger partial charge in [-0.05, 0) is 73.2 Å². The number of aryl methyl sites for hydroxylation is 2. The number of carbonyl (C=O) groups excluding carboxylic acids is 1. The number of methoxy groups -OCH3 is 1. The molecule has 0 aromatic heterocycles. The van der Waals surface area contributed by atoms with Gasteiger partial charge in [0.1, 0.15) is 18.1 Å². The monoisotopic (exact) mass is 325 g/mol. The van der Waals surface area contributed by atoms with Crippen LogP contribution >= 0.6 is 0 Å². The molecule has 0 bridgehead atoms. The fraction of sp³-hybridized carbons (Fsp3) is 0.350. The predicted octanol–water partition coefficient (Wildman–Crippen LogP) is 3.38. The molecule has 0 fully saturated rings. The lowest BCUT2D eigenvalue weighted by Crippen LogP contribution is -2.28. The number of hydrogen-bond donors (Lipinski definition) is 1. The zero-order chi connectivity index (χ0) is 16.8. The lowest BCUT2D eigenvalue weighted by molar-refractivity contribution is 0.0947. The van der Waals surface area contributed by atoms with Gasteiger partial charge in [-0.2, -0.15) is 0 Å². The molecule has 4 nitrogen and oxygen atoms in total. The maximum Gasteiger partial charge on any atom is 0.251 e. The van der Waals surface area contributed by atoms with Gasteiger partial charge in [0.25, 0.3) is 5.91 Å². The minimum Gasteiger partial charge on any atom is -0.497 e. The van der Waals surface area contributed by atoms with Crippen molar-refractivity contribution in [3.63, 3.8) is 0 Å². The van der Waals surface area contributed by atoms with Gasteiger partial charge in [-0.25, -0.2) is 0 Å². The summed E-state index contributed by atoms with van der Waals surface area (Å²) in [4.78, 5) is 12.0. The lowest BCUT2D eigenvalue weighted by atomic mass is 9.92. The van der Waals surface area contributed by atoms with Crippen LogP contribution in [-0.4, -0.2) is 26.2 Å². The Labute approximate surface area is 142 Å². The van der Waals surface area contributed by atoms with Gasteiger partial charge in [0.15, 0.2) is 0 Å². The fourth-order valence-corrected chi connectivity index (χ4v) is 2.98. The summed E-state index contributed by atoms with van der Waals surface area (Å²) in [7, 11) is 1.60. The number of fused-ring (bicyclic) bond motifs is 1. The van der Waals surface area contributed by atoms with E-state index in [0.717, 1.165) is 17.9 Å². The van der Waals surface area contributed by atoms with E-state index in [1.54, 1.807) is 31.4 Å². The molecule has 0 radical (unpaired) electrons. The zero-order valence-electron chi connectivity index (χ0n) is 14.0. The van der Waals surface area contributed by atoms with Gasteiger partial charge in [0.05, 0.1) is 13.7 Å². The molecule has 1 aliphatic rings. The van der Waals surface area contributed by atoms with E-state index in [4.69, 9.17) is 9.47 Å². The van der Waals surface area contributed by atoms with Crippen LogP contribution in [0.25, 0.3) is 0 Å². The van der Waals surface area contributed by atoms with E-state index in [-0.39, 0.29) is 5.91 Å². The number of hydrogen-bond acceptors (Lipinski definition) is 3. The van der Waals surface area contributed by atoms with Crippen molar-refractivity contribution in [1.29, 1.82) is 0 Å². The van der Waals surface area contributed by atoms with Crippen LogP contribution in [0.4, 0.5) is 0 Å². The summed E-state index contributed by atoms with van der Waals surface area (Å²) in [6.45, 7) is 0.933. The molecule has 0 unspecified atom stereocenters. The molecule has 24 heavy (non-hydrogen) atoms. The highest BCUT2D eigenvalue weighted by molar-refractivity contribution is 5.94. The van der Waals surface area contributed by atoms with Crippen LogP contribution in [0.5, 0.6) is 11.5 Å². The Morgan fingerprint density at radius 1 is 1.00 bits per heavy atom. The van der Waals surface area contributed by atoms with Crippen LogP contribution in [-0.2, 0) is 12.8 Å². The van der Waals surface area contributed by atoms with Gasteiger partial charge in [-0.15, -0.1) is 0 Å². The van der Waals surface area contributed by atoms with Gasteiger partial charge in [-0.1, -0.05) is 6.07 Å². The standard InChI is InChI=1S/C20H23NO3/c1-23-18-9-7-16(8-10-18)20(22)21-12-13-24-19-11-6-15-4-2-3-5-17(15)14-19/h6-11,14H,2-5,12-13H2,1H3,(H,21,22). The van der Waals surface area contributed by atoms with Gasteiger partial charge in [-0.3, -0.25) is 4.79 Å². The number of rotatable bonds is 6. The van der Waals surface area contributed by atoms with Crippen LogP contribution in [0.1, 0.15) is 34.3 Å². The van der Waals surface area contributed by atoms with Gasteiger partial charge in [0, 0.05) is 5.56 Å². The van der Waals surface area contributed by atoms with Gasteiger partial charge >= 0.3 is 0 Å². The molecule has 4 heteroatoms. The smallest absolute Gasteiger partial charge is 0.251 e. The highest BCUT2D eigenvalue weighted by Crippen LogP contribution is 2.25. The Hall–Kier alpha value is -2.49. The molecule has 1 aliphatic carbocycles. The van der Waals surface area contributed by atoms with E-state index in [2.05, 4.69) is 17.4 Å². The van der Waals surface area contributed by atoms with Crippen molar-refractivity contribution in [1.82, 2.24) is 5.32 Å². The first kappa shape index (κ1) is 16.4. The molecule has 1 N–H and O–H groups in total. The molecule has 1 amide bonds. The third-order valence-corrected chi connectivity index (χ3v) is 4.33. The largest absolute Gasteiger partial charge is 0.497 e. The summed E-state index contributed by atoms with van der Waals surface area (Å²) in [5.41, 5.74) is 3.46. The summed E-state index contributed by atoms with van der Waals surface area (Å²) >= 11 is 0. The summed E-state index contributed by atoms with van der Waals surface area (Å²) in [5, 5.41) is 2.86. The Morgan fingerprint density at radius 2 is 1.71 bits per heavy atom. The lowest BCUT2D eigenvalue weighted by Gasteiger charge is -2.17. The fourth-order valence-electron chi connectivity index (χ4n) is 2.98. The van der Waals surface area contributed by atoms with Crippen LogP contribution in [0.2, 0.25) is 0 Å². The number of carbonyl (C=O) groups is 1. The third kappa shape index (κ3) is 4.07. The van der Waals surface area contributed by atoms with Crippen molar-refractivity contribution in [2.75, 3.05) is 20.3 Å². The Kier molecular flexibility index (Phi) is 5.36. The van der Waals surface area contributed by atoms with Crippen LogP contribution < -0.4 is 14.8 Å². The van der Waals surface area contributed by atoms with E-state index in [1.807, 2.05) is 6.07 Å². The van der Waals surface area contributed by atoms with E-state index in [0.29, 0.717) is 18.7 Å². The quantitative estimate of drug-likeness (QED) is 0.828. The van der Waals surface area contributed by atoms with Crippen LogP contribution in [0.3, 0.4) is 0 Å². The van der Waals surface area contributed by atoms with Crippen molar-refractivity contribution in [3.8, 4) is 11.5 Å². The maximum atomic E-state index is 12.0. The summed E-state index contributed by atoms with van der Waals surface area (Å²) < 4.78 is 10.8. The first-order valence-electron chi connectivity index (χ1n) is 8.43. The molecule has 126 valence electrons. The summed E-state index contributed by atoms with van der Waals surface area (Å²) in [6, 6.07) is 13.4. The van der Waals surface area contributed by atoms with Crippen molar-refractivity contribution < 1.29 is 14.3 Å². The van der Waals surface area contributed by atoms with E-state index >= 15 is 0 Å². The molecule has 0 spiro atoms. The highest BCUT2D eigenvalue weighted by Gasteiger charge is 2.10. The molecule has 0 saturated carbocycles. The molecule has 2 aromatic carbocycles. The van der Waals surface area contributed by atoms with E-state index < -0.39 is 0 Å². The summed E-state index contributed by atoms with van der Waals surface area (Å²) in [5.74, 6) is 1.52. The second-order valence-electron chi connectivity index (χ2n) is 5.97. The Bertz CT molecular complexity index is 695. The average molecular weight is 325 g/mol. The second kappa shape index (κ2) is 7.86. The van der Waals surface area contributed by atoms with Gasteiger partial charge in [0.2, 0.25) is 0 Å². The average Bonchev–Trinajstić information content (AvgIpc) is 2.65. The Balaban J connectivity index is 1.45. The summed E-state index contributed by atoms with van der Waals surface area (Å²) in [6.07, 6.45) is 4.85. The Morgan fingerprint density at radius 3 is 2.46 bits per heavy atom. The molecular formula is C20H23NO3. The highest BCUT2D eigenvalue weighted by atomic mass is 16.5. The first-order valence-corrected chi connectivity index (χ1v) is 8.43. The van der Waals surface area contributed by atoms with Crippen molar-refractivity contribution in [2.24, 2.45) is 0 Å². The SMILES string of the molecule is COc1ccc(C(=O)NCCOc2ccc3c(c2)CCCC3)cc1. The van der Waals surface area contributed by atoms with Crippen LogP contribution in [0.15, 0.2) is 42.5 Å². The van der Waals surface area contributed by atoms with Crippen molar-refractivity contribution in [2.45, 2.75) is 25.7 Å². The minimum absolute atomic E-state index is 0.105. The van der Waals surface area contributed by atoms with Crippen LogP contribution in [0, 0.1) is 0 Å². The maximum absolute atomic E-state index is 12.0. The number of amides is 1. The molecular weight excluding hydrogens is 302 g/mol. The first-order chi connectivity index (χ1) is 11.8. The number of benzene rings is 2. The molecule has 3 rings (SSSR count). The third-order valence-electron chi connectivity index (χ3n) is 4.33. The van der Waals surface area contributed by atoms with E-state index in [9.17, 15) is 4.79 Å². The normalized spacial score (nSPS) is 13.0. The topological polar surface area (TPSA) is 47.6 Å². The molecule has 0 aliphatic heterocycles. The molecule has 0 heterocycles. The predicted molar refractivity (Wildman–Crippen MR) is 93.9 cm³/mol. The second-order valence-corrected chi connectivity index (χ2v) is 5.97. The molecule has 2 aromatic rings. The van der Waals surface area contributed by atoms with Crippen molar-refractivity contribution in [3.05, 3.63) is 59.2 Å². The zero-order valence-corrected chi connectivity index (χ0v) is 14.0. The molecule has 0 saturated heterocycles. The van der Waals surface area contributed by atoms with Crippen molar-refractivity contribution >= 4 is 5.91 Å². The minimum atomic E-state index is -0.105. The number of ether oxygens (including phenoxy) is 2. The van der Waals surface area contributed by atoms with Gasteiger partial charge < -0.3 is 14.8 Å².